The number of rotatable bonds is 7. The number of aromatic nitrogens is 2. The molecule has 9 heteroatoms. The van der Waals surface area contributed by atoms with Crippen molar-refractivity contribution in [2.24, 2.45) is 5.92 Å². The highest BCUT2D eigenvalue weighted by Gasteiger charge is 2.33. The molecule has 1 atom stereocenters. The summed E-state index contributed by atoms with van der Waals surface area (Å²) >= 11 is 0. The molecule has 4 rings (SSSR count). The van der Waals surface area contributed by atoms with Gasteiger partial charge in [0.2, 0.25) is 0 Å². The van der Waals surface area contributed by atoms with E-state index < -0.39 is 17.6 Å². The molecule has 0 aliphatic carbocycles. The maximum atomic E-state index is 13.7. The fraction of sp³-hybridized carbons (Fsp3) is 0.346. The highest BCUT2D eigenvalue weighted by Crippen LogP contribution is 2.37. The number of anilines is 2. The summed E-state index contributed by atoms with van der Waals surface area (Å²) in [6.45, 7) is 4.09. The van der Waals surface area contributed by atoms with Crippen molar-refractivity contribution >= 4 is 17.4 Å². The van der Waals surface area contributed by atoms with Gasteiger partial charge in [-0.05, 0) is 91.4 Å². The first kappa shape index (κ1) is 24.7. The third-order valence-electron chi connectivity index (χ3n) is 6.42. The molecule has 1 saturated heterocycles. The second-order valence-corrected chi connectivity index (χ2v) is 8.78. The SMILES string of the molecule is CC(c1cc(NC(=O)c2cccnc2NCc2ccncc2)cc(C(F)(F)F)c1)C1CCNCC1. The van der Waals surface area contributed by atoms with Crippen molar-refractivity contribution in [3.63, 3.8) is 0 Å². The van der Waals surface area contributed by atoms with Crippen LogP contribution in [0.2, 0.25) is 0 Å². The third-order valence-corrected chi connectivity index (χ3v) is 6.42. The lowest BCUT2D eigenvalue weighted by molar-refractivity contribution is -0.137. The number of hydrogen-bond acceptors (Lipinski definition) is 5. The van der Waals surface area contributed by atoms with E-state index in [-0.39, 0.29) is 23.1 Å². The van der Waals surface area contributed by atoms with Gasteiger partial charge in [0.15, 0.2) is 0 Å². The number of benzene rings is 1. The van der Waals surface area contributed by atoms with Crippen LogP contribution in [0.15, 0.2) is 61.1 Å². The largest absolute Gasteiger partial charge is 0.416 e. The van der Waals surface area contributed by atoms with Gasteiger partial charge in [0.1, 0.15) is 5.82 Å². The van der Waals surface area contributed by atoms with E-state index in [2.05, 4.69) is 25.9 Å². The van der Waals surface area contributed by atoms with Crippen LogP contribution in [-0.2, 0) is 12.7 Å². The molecule has 1 amide bonds. The summed E-state index contributed by atoms with van der Waals surface area (Å²) in [5.74, 6) is 0.0313. The average molecular weight is 484 g/mol. The molecule has 1 fully saturated rings. The smallest absolute Gasteiger partial charge is 0.365 e. The van der Waals surface area contributed by atoms with Crippen molar-refractivity contribution in [3.05, 3.63) is 83.3 Å². The Balaban J connectivity index is 1.57. The summed E-state index contributed by atoms with van der Waals surface area (Å²) in [4.78, 5) is 21.3. The number of pyridine rings is 2. The normalized spacial score (nSPS) is 15.4. The van der Waals surface area contributed by atoms with Crippen LogP contribution in [0.25, 0.3) is 0 Å². The predicted octanol–water partition coefficient (Wildman–Crippen LogP) is 5.46. The number of carbonyl (C=O) groups is 1. The second-order valence-electron chi connectivity index (χ2n) is 8.78. The summed E-state index contributed by atoms with van der Waals surface area (Å²) in [5, 5.41) is 9.07. The monoisotopic (exact) mass is 483 g/mol. The number of halogens is 3. The van der Waals surface area contributed by atoms with Crippen LogP contribution in [0.5, 0.6) is 0 Å². The van der Waals surface area contributed by atoms with Gasteiger partial charge in [-0.15, -0.1) is 0 Å². The van der Waals surface area contributed by atoms with Gasteiger partial charge in [-0.3, -0.25) is 9.78 Å². The lowest BCUT2D eigenvalue weighted by atomic mass is 9.81. The molecule has 0 bridgehead atoms. The minimum atomic E-state index is -4.52. The van der Waals surface area contributed by atoms with Gasteiger partial charge in [-0.25, -0.2) is 4.98 Å². The van der Waals surface area contributed by atoms with Crippen LogP contribution >= 0.6 is 0 Å². The first-order valence-electron chi connectivity index (χ1n) is 11.6. The fourth-order valence-corrected chi connectivity index (χ4v) is 4.38. The van der Waals surface area contributed by atoms with Gasteiger partial charge in [-0.1, -0.05) is 6.92 Å². The number of alkyl halides is 3. The molecule has 6 nitrogen and oxygen atoms in total. The van der Waals surface area contributed by atoms with Gasteiger partial charge in [0.05, 0.1) is 11.1 Å². The Labute approximate surface area is 202 Å². The van der Waals surface area contributed by atoms with Gasteiger partial charge in [0, 0.05) is 30.8 Å². The lowest BCUT2D eigenvalue weighted by Crippen LogP contribution is -2.30. The van der Waals surface area contributed by atoms with Gasteiger partial charge in [-0.2, -0.15) is 13.2 Å². The van der Waals surface area contributed by atoms with Crippen LogP contribution in [0.1, 0.15) is 52.7 Å². The van der Waals surface area contributed by atoms with E-state index in [1.54, 1.807) is 36.8 Å². The van der Waals surface area contributed by atoms with E-state index in [4.69, 9.17) is 0 Å². The van der Waals surface area contributed by atoms with Crippen molar-refractivity contribution in [1.29, 1.82) is 0 Å². The maximum absolute atomic E-state index is 13.7. The second kappa shape index (κ2) is 10.9. The van der Waals surface area contributed by atoms with Gasteiger partial charge in [0.25, 0.3) is 5.91 Å². The summed E-state index contributed by atoms with van der Waals surface area (Å²) in [6.07, 6.45) is 2.17. The van der Waals surface area contributed by atoms with Crippen LogP contribution in [-0.4, -0.2) is 29.0 Å². The van der Waals surface area contributed by atoms with E-state index in [0.29, 0.717) is 17.9 Å². The Hall–Kier alpha value is -3.46. The number of carbonyl (C=O) groups excluding carboxylic acids is 1. The Bertz CT molecular complexity index is 1150. The van der Waals surface area contributed by atoms with Crippen molar-refractivity contribution < 1.29 is 18.0 Å². The molecule has 3 heterocycles. The summed E-state index contributed by atoms with van der Waals surface area (Å²) in [5.41, 5.74) is 1.11. The quantitative estimate of drug-likeness (QED) is 0.416. The molecule has 0 saturated carbocycles. The van der Waals surface area contributed by atoms with Crippen molar-refractivity contribution in [3.8, 4) is 0 Å². The Morgan fingerprint density at radius 1 is 1.11 bits per heavy atom. The Morgan fingerprint density at radius 3 is 2.57 bits per heavy atom. The summed E-state index contributed by atoms with van der Waals surface area (Å²) in [6, 6.07) is 10.7. The standard InChI is InChI=1S/C26H28F3N5O/c1-17(19-6-11-31-12-7-19)20-13-21(26(27,28)29)15-22(14-20)34-25(35)23-3-2-8-32-24(23)33-16-18-4-9-30-10-5-18/h2-5,8-10,13-15,17,19,31H,6-7,11-12,16H2,1H3,(H,32,33)(H,34,35). The minimum absolute atomic E-state index is 0.0639. The zero-order chi connectivity index (χ0) is 24.8. The number of hydrogen-bond donors (Lipinski definition) is 3. The van der Waals surface area contributed by atoms with Gasteiger partial charge < -0.3 is 16.0 Å². The molecule has 2 aromatic heterocycles. The van der Waals surface area contributed by atoms with E-state index in [9.17, 15) is 18.0 Å². The minimum Gasteiger partial charge on any atom is -0.365 e. The lowest BCUT2D eigenvalue weighted by Gasteiger charge is -2.29. The van der Waals surface area contributed by atoms with Crippen molar-refractivity contribution in [1.82, 2.24) is 15.3 Å². The first-order chi connectivity index (χ1) is 16.8. The average Bonchev–Trinajstić information content (AvgIpc) is 2.87. The van der Waals surface area contributed by atoms with Crippen LogP contribution in [0.3, 0.4) is 0 Å². The summed E-state index contributed by atoms with van der Waals surface area (Å²) < 4.78 is 41.1. The molecule has 1 aromatic carbocycles. The molecule has 0 radical (unpaired) electrons. The number of amides is 1. The third kappa shape index (κ3) is 6.36. The molecule has 35 heavy (non-hydrogen) atoms. The maximum Gasteiger partial charge on any atom is 0.416 e. The number of nitrogens with one attached hydrogen (secondary N) is 3. The van der Waals surface area contributed by atoms with Gasteiger partial charge >= 0.3 is 6.18 Å². The van der Waals surface area contributed by atoms with E-state index >= 15 is 0 Å². The molecule has 1 unspecified atom stereocenters. The molecular weight excluding hydrogens is 455 g/mol. The number of piperidine rings is 1. The van der Waals surface area contributed by atoms with Crippen LogP contribution in [0, 0.1) is 5.92 Å². The van der Waals surface area contributed by atoms with Crippen molar-refractivity contribution in [2.45, 2.75) is 38.4 Å². The van der Waals surface area contributed by atoms with E-state index in [0.717, 1.165) is 37.6 Å². The zero-order valence-corrected chi connectivity index (χ0v) is 19.4. The first-order valence-corrected chi connectivity index (χ1v) is 11.6. The predicted molar refractivity (Wildman–Crippen MR) is 129 cm³/mol. The zero-order valence-electron chi connectivity index (χ0n) is 19.4. The van der Waals surface area contributed by atoms with Crippen LogP contribution < -0.4 is 16.0 Å². The Kier molecular flexibility index (Phi) is 7.65. The molecule has 1 aliphatic heterocycles. The molecule has 1 aliphatic rings. The van der Waals surface area contributed by atoms with E-state index in [1.807, 2.05) is 19.1 Å². The Morgan fingerprint density at radius 2 is 1.86 bits per heavy atom. The molecule has 184 valence electrons. The highest BCUT2D eigenvalue weighted by molar-refractivity contribution is 6.07. The molecular formula is C26H28F3N5O. The highest BCUT2D eigenvalue weighted by atomic mass is 19.4. The van der Waals surface area contributed by atoms with Crippen LogP contribution in [0.4, 0.5) is 24.7 Å². The van der Waals surface area contributed by atoms with E-state index in [1.165, 1.54) is 6.07 Å². The molecule has 3 N–H and O–H groups in total. The summed E-state index contributed by atoms with van der Waals surface area (Å²) in [7, 11) is 0. The topological polar surface area (TPSA) is 78.9 Å². The molecule has 0 spiro atoms. The fourth-order valence-electron chi connectivity index (χ4n) is 4.38. The molecule has 3 aromatic rings. The van der Waals surface area contributed by atoms with Crippen molar-refractivity contribution in [2.75, 3.05) is 23.7 Å². The number of nitrogens with zero attached hydrogens (tertiary/aromatic N) is 2.